The maximum absolute atomic E-state index is 8.78. The molecule has 0 amide bonds. The minimum atomic E-state index is 0.423. The number of allylic oxidation sites excluding steroid dienone is 2. The van der Waals surface area contributed by atoms with Crippen LogP contribution in [-0.4, -0.2) is 4.98 Å². The monoisotopic (exact) mass is 212 g/mol. The Kier molecular flexibility index (Phi) is 3.19. The van der Waals surface area contributed by atoms with Crippen LogP contribution in [-0.2, 0) is 6.54 Å². The molecule has 16 heavy (non-hydrogen) atoms. The van der Waals surface area contributed by atoms with Crippen LogP contribution in [0.2, 0.25) is 0 Å². The van der Waals surface area contributed by atoms with E-state index in [-0.39, 0.29) is 0 Å². The van der Waals surface area contributed by atoms with Gasteiger partial charge in [0, 0.05) is 12.1 Å². The molecule has 2 heterocycles. The summed E-state index contributed by atoms with van der Waals surface area (Å²) in [5.41, 5.74) is 1.46. The molecule has 1 aliphatic heterocycles. The summed E-state index contributed by atoms with van der Waals surface area (Å²) in [7, 11) is 0. The molecule has 2 N–H and O–H groups in total. The maximum Gasteiger partial charge on any atom is 0.142 e. The van der Waals surface area contributed by atoms with Crippen LogP contribution in [0.15, 0.2) is 36.7 Å². The van der Waals surface area contributed by atoms with E-state index >= 15 is 0 Å². The van der Waals surface area contributed by atoms with Crippen molar-refractivity contribution in [2.75, 3.05) is 5.32 Å². The quantitative estimate of drug-likeness (QED) is 0.689. The number of nitrogens with zero attached hydrogens (tertiary/aromatic N) is 2. The van der Waals surface area contributed by atoms with Crippen molar-refractivity contribution >= 4 is 5.82 Å². The van der Waals surface area contributed by atoms with Crippen LogP contribution in [0.5, 0.6) is 0 Å². The second kappa shape index (κ2) is 4.99. The van der Waals surface area contributed by atoms with Gasteiger partial charge in [-0.2, -0.15) is 5.26 Å². The third kappa shape index (κ3) is 2.39. The zero-order valence-electron chi connectivity index (χ0n) is 8.77. The highest BCUT2D eigenvalue weighted by molar-refractivity contribution is 5.49. The fraction of sp³-hybridized carbons (Fsp3) is 0.167. The summed E-state index contributed by atoms with van der Waals surface area (Å²) in [6.45, 7) is 0.700. The van der Waals surface area contributed by atoms with Crippen LogP contribution in [0.4, 0.5) is 5.82 Å². The summed E-state index contributed by atoms with van der Waals surface area (Å²) in [5, 5.41) is 15.0. The van der Waals surface area contributed by atoms with Crippen molar-refractivity contribution in [2.45, 2.75) is 13.0 Å². The third-order valence-electron chi connectivity index (χ3n) is 2.23. The highest BCUT2D eigenvalue weighted by Crippen LogP contribution is 2.14. The summed E-state index contributed by atoms with van der Waals surface area (Å²) < 4.78 is 0. The minimum absolute atomic E-state index is 0.423. The maximum atomic E-state index is 8.78. The molecule has 4 nitrogen and oxygen atoms in total. The Labute approximate surface area is 94.3 Å². The second-order valence-electron chi connectivity index (χ2n) is 3.38. The largest absolute Gasteiger partial charge is 0.387 e. The molecule has 0 unspecified atom stereocenters. The van der Waals surface area contributed by atoms with Crippen molar-refractivity contribution < 1.29 is 0 Å². The summed E-state index contributed by atoms with van der Waals surface area (Å²) in [4.78, 5) is 4.22. The van der Waals surface area contributed by atoms with E-state index in [4.69, 9.17) is 5.26 Å². The highest BCUT2D eigenvalue weighted by Gasteiger charge is 2.04. The number of nitriles is 1. The molecule has 4 heteroatoms. The van der Waals surface area contributed by atoms with Crippen LogP contribution >= 0.6 is 0 Å². The lowest BCUT2D eigenvalue weighted by Gasteiger charge is -2.09. The van der Waals surface area contributed by atoms with E-state index in [0.717, 1.165) is 17.8 Å². The van der Waals surface area contributed by atoms with Crippen molar-refractivity contribution in [3.05, 3.63) is 47.9 Å². The lowest BCUT2D eigenvalue weighted by Crippen LogP contribution is -2.09. The summed E-state index contributed by atoms with van der Waals surface area (Å²) in [6, 6.07) is 5.66. The average molecular weight is 212 g/mol. The molecule has 0 atom stereocenters. The van der Waals surface area contributed by atoms with Gasteiger partial charge in [-0.1, -0.05) is 18.2 Å². The summed E-state index contributed by atoms with van der Waals surface area (Å²) in [6.07, 6.45) is 8.68. The number of hydrogen-bond acceptors (Lipinski definition) is 4. The SMILES string of the molecule is N#Cc1ccc2c(n1)N/C=C\C/C=C\NC2. The van der Waals surface area contributed by atoms with Crippen molar-refractivity contribution in [1.82, 2.24) is 10.3 Å². The lowest BCUT2D eigenvalue weighted by atomic mass is 10.2. The van der Waals surface area contributed by atoms with E-state index in [2.05, 4.69) is 15.6 Å². The molecule has 0 aromatic carbocycles. The van der Waals surface area contributed by atoms with E-state index in [1.807, 2.05) is 36.7 Å². The van der Waals surface area contributed by atoms with E-state index in [1.165, 1.54) is 0 Å². The van der Waals surface area contributed by atoms with Crippen LogP contribution < -0.4 is 10.6 Å². The normalized spacial score (nSPS) is 18.2. The Bertz CT molecular complexity index is 468. The predicted molar refractivity (Wildman–Crippen MR) is 62.3 cm³/mol. The van der Waals surface area contributed by atoms with E-state index in [0.29, 0.717) is 12.2 Å². The number of fused-ring (bicyclic) bond motifs is 1. The predicted octanol–water partition coefficient (Wildman–Crippen LogP) is 1.89. The van der Waals surface area contributed by atoms with Gasteiger partial charge in [-0.05, 0) is 24.9 Å². The average Bonchev–Trinajstić information content (AvgIpc) is 2.34. The van der Waals surface area contributed by atoms with Gasteiger partial charge in [-0.15, -0.1) is 0 Å². The van der Waals surface area contributed by atoms with Gasteiger partial charge < -0.3 is 10.6 Å². The zero-order valence-corrected chi connectivity index (χ0v) is 8.77. The first-order chi connectivity index (χ1) is 7.90. The van der Waals surface area contributed by atoms with Crippen LogP contribution in [0, 0.1) is 11.3 Å². The van der Waals surface area contributed by atoms with Crippen molar-refractivity contribution in [3.63, 3.8) is 0 Å². The third-order valence-corrected chi connectivity index (χ3v) is 2.23. The Hall–Kier alpha value is -2.28. The molecular formula is C12H12N4. The van der Waals surface area contributed by atoms with Gasteiger partial charge in [0.25, 0.3) is 0 Å². The number of nitrogens with one attached hydrogen (secondary N) is 2. The van der Waals surface area contributed by atoms with Crippen LogP contribution in [0.1, 0.15) is 17.7 Å². The zero-order chi connectivity index (χ0) is 11.2. The Morgan fingerprint density at radius 2 is 2.12 bits per heavy atom. The summed E-state index contributed by atoms with van der Waals surface area (Å²) >= 11 is 0. The topological polar surface area (TPSA) is 60.7 Å². The van der Waals surface area contributed by atoms with Gasteiger partial charge in [0.15, 0.2) is 0 Å². The van der Waals surface area contributed by atoms with Gasteiger partial charge in [-0.25, -0.2) is 4.98 Å². The molecule has 0 fully saturated rings. The number of anilines is 1. The summed E-state index contributed by atoms with van der Waals surface area (Å²) in [5.74, 6) is 0.734. The number of aromatic nitrogens is 1. The van der Waals surface area contributed by atoms with Crippen molar-refractivity contribution in [3.8, 4) is 6.07 Å². The molecule has 0 spiro atoms. The van der Waals surface area contributed by atoms with Gasteiger partial charge in [0.05, 0.1) is 0 Å². The number of rotatable bonds is 0. The molecule has 0 bridgehead atoms. The number of hydrogen-bond donors (Lipinski definition) is 2. The Morgan fingerprint density at radius 3 is 3.00 bits per heavy atom. The molecule has 80 valence electrons. The molecular weight excluding hydrogens is 200 g/mol. The fourth-order valence-corrected chi connectivity index (χ4v) is 1.42. The second-order valence-corrected chi connectivity index (χ2v) is 3.38. The van der Waals surface area contributed by atoms with E-state index in [1.54, 1.807) is 6.07 Å². The molecule has 1 aliphatic rings. The first kappa shape index (κ1) is 10.2. The van der Waals surface area contributed by atoms with Crippen LogP contribution in [0.25, 0.3) is 0 Å². The molecule has 0 radical (unpaired) electrons. The van der Waals surface area contributed by atoms with Crippen molar-refractivity contribution in [1.29, 1.82) is 5.26 Å². The fourth-order valence-electron chi connectivity index (χ4n) is 1.42. The first-order valence-electron chi connectivity index (χ1n) is 5.10. The standard InChI is InChI=1S/C12H12N4/c13-8-11-5-4-10-9-14-6-2-1-3-7-15-12(10)16-11/h2-7,14H,1,9H2,(H,15,16)/b6-2-,7-3-. The van der Waals surface area contributed by atoms with Crippen molar-refractivity contribution in [2.24, 2.45) is 0 Å². The molecule has 0 saturated carbocycles. The Morgan fingerprint density at radius 1 is 1.25 bits per heavy atom. The molecule has 1 aromatic heterocycles. The molecule has 2 rings (SSSR count). The van der Waals surface area contributed by atoms with Gasteiger partial charge in [-0.3, -0.25) is 0 Å². The Balaban J connectivity index is 2.32. The van der Waals surface area contributed by atoms with E-state index < -0.39 is 0 Å². The van der Waals surface area contributed by atoms with Gasteiger partial charge in [0.2, 0.25) is 0 Å². The lowest BCUT2D eigenvalue weighted by molar-refractivity contribution is 0.860. The van der Waals surface area contributed by atoms with Gasteiger partial charge >= 0.3 is 0 Å². The smallest absolute Gasteiger partial charge is 0.142 e. The van der Waals surface area contributed by atoms with Crippen LogP contribution in [0.3, 0.4) is 0 Å². The minimum Gasteiger partial charge on any atom is -0.387 e. The van der Waals surface area contributed by atoms with Gasteiger partial charge in [0.1, 0.15) is 17.6 Å². The number of pyridine rings is 1. The molecule has 0 saturated heterocycles. The first-order valence-corrected chi connectivity index (χ1v) is 5.10. The van der Waals surface area contributed by atoms with E-state index in [9.17, 15) is 0 Å². The molecule has 1 aromatic rings. The highest BCUT2D eigenvalue weighted by atomic mass is 15.0. The molecule has 0 aliphatic carbocycles.